The van der Waals surface area contributed by atoms with Crippen molar-refractivity contribution in [2.75, 3.05) is 10.8 Å². The lowest BCUT2D eigenvalue weighted by Crippen LogP contribution is -2.54. The van der Waals surface area contributed by atoms with E-state index in [1.807, 2.05) is 44.2 Å². The Labute approximate surface area is 273 Å². The summed E-state index contributed by atoms with van der Waals surface area (Å²) in [4.78, 5) is 29.5. The molecule has 0 aliphatic heterocycles. The van der Waals surface area contributed by atoms with Crippen molar-refractivity contribution >= 4 is 50.7 Å². The second kappa shape index (κ2) is 15.4. The maximum atomic E-state index is 14.4. The predicted molar refractivity (Wildman–Crippen MR) is 176 cm³/mol. The molecule has 7 nitrogen and oxygen atoms in total. The van der Waals surface area contributed by atoms with E-state index in [0.717, 1.165) is 34.1 Å². The molecule has 45 heavy (non-hydrogen) atoms. The van der Waals surface area contributed by atoms with Gasteiger partial charge in [-0.05, 0) is 73.0 Å². The molecule has 4 aromatic rings. The van der Waals surface area contributed by atoms with Crippen molar-refractivity contribution in [1.82, 2.24) is 10.2 Å². The van der Waals surface area contributed by atoms with Gasteiger partial charge in [0.05, 0.1) is 10.6 Å². The Hall–Kier alpha value is -3.92. The Bertz CT molecular complexity index is 1710. The summed E-state index contributed by atoms with van der Waals surface area (Å²) in [7, 11) is -4.34. The topological polar surface area (TPSA) is 86.8 Å². The number of nitrogens with zero attached hydrogens (tertiary/aromatic N) is 2. The van der Waals surface area contributed by atoms with Crippen LogP contribution >= 0.6 is 23.2 Å². The molecular formula is C34H34Cl2FN3O4S. The summed E-state index contributed by atoms with van der Waals surface area (Å²) in [5, 5.41) is 3.68. The van der Waals surface area contributed by atoms with E-state index in [-0.39, 0.29) is 35.5 Å². The zero-order chi connectivity index (χ0) is 32.6. The van der Waals surface area contributed by atoms with Gasteiger partial charge in [-0.25, -0.2) is 12.8 Å². The Balaban J connectivity index is 1.81. The minimum absolute atomic E-state index is 0.0977. The van der Waals surface area contributed by atoms with Crippen LogP contribution < -0.4 is 9.62 Å². The normalized spacial score (nSPS) is 12.6. The Morgan fingerprint density at radius 1 is 0.889 bits per heavy atom. The van der Waals surface area contributed by atoms with E-state index in [4.69, 9.17) is 23.2 Å². The minimum atomic E-state index is -4.34. The Kier molecular flexibility index (Phi) is 11.6. The van der Waals surface area contributed by atoms with E-state index < -0.39 is 34.3 Å². The first-order chi connectivity index (χ1) is 21.5. The third-order valence-corrected chi connectivity index (χ3v) is 9.73. The van der Waals surface area contributed by atoms with Crippen LogP contribution in [-0.2, 0) is 32.6 Å². The van der Waals surface area contributed by atoms with Crippen molar-refractivity contribution in [1.29, 1.82) is 0 Å². The maximum Gasteiger partial charge on any atom is 0.264 e. The monoisotopic (exact) mass is 669 g/mol. The average molecular weight is 671 g/mol. The van der Waals surface area contributed by atoms with Crippen LogP contribution in [-0.4, -0.2) is 43.8 Å². The van der Waals surface area contributed by atoms with Crippen LogP contribution in [0.15, 0.2) is 108 Å². The number of rotatable bonds is 13. The molecule has 0 aliphatic rings. The van der Waals surface area contributed by atoms with Gasteiger partial charge in [0, 0.05) is 29.1 Å². The summed E-state index contributed by atoms with van der Waals surface area (Å²) in [5.41, 5.74) is 1.56. The molecule has 0 aliphatic carbocycles. The number of anilines is 1. The van der Waals surface area contributed by atoms with Crippen LogP contribution in [0.1, 0.15) is 31.4 Å². The van der Waals surface area contributed by atoms with Crippen LogP contribution in [0.25, 0.3) is 0 Å². The highest BCUT2D eigenvalue weighted by Gasteiger charge is 2.35. The molecular weight excluding hydrogens is 636 g/mol. The standard InChI is InChI=1S/C34H34Cl2FN3O4S/c1-3-24(2)38-34(42)32(20-25-10-6-4-7-11-25)39(22-26-14-15-27(35)21-31(26)36)33(41)23-40(29-12-8-5-9-13-29)45(43,44)30-18-16-28(37)17-19-30/h4-19,21,24,32H,3,20,22-23H2,1-2H3,(H,38,42)/t24-,32-/m1/s1. The van der Waals surface area contributed by atoms with Crippen molar-refractivity contribution in [3.63, 3.8) is 0 Å². The quantitative estimate of drug-likeness (QED) is 0.168. The lowest BCUT2D eigenvalue weighted by molar-refractivity contribution is -0.140. The van der Waals surface area contributed by atoms with Crippen molar-refractivity contribution in [2.45, 2.75) is 50.2 Å². The molecule has 0 heterocycles. The summed E-state index contributed by atoms with van der Waals surface area (Å²) in [6.45, 7) is 3.06. The van der Waals surface area contributed by atoms with Crippen LogP contribution in [0, 0.1) is 5.82 Å². The Morgan fingerprint density at radius 2 is 1.51 bits per heavy atom. The summed E-state index contributed by atoms with van der Waals surface area (Å²) in [5.74, 6) is -1.63. The zero-order valence-corrected chi connectivity index (χ0v) is 27.2. The molecule has 1 N–H and O–H groups in total. The molecule has 0 aromatic heterocycles. The molecule has 0 saturated heterocycles. The lowest BCUT2D eigenvalue weighted by atomic mass is 10.0. The number of carbonyl (C=O) groups is 2. The molecule has 0 fully saturated rings. The minimum Gasteiger partial charge on any atom is -0.352 e. The first-order valence-electron chi connectivity index (χ1n) is 14.4. The third-order valence-electron chi connectivity index (χ3n) is 7.35. The second-order valence-electron chi connectivity index (χ2n) is 10.6. The van der Waals surface area contributed by atoms with Gasteiger partial charge in [0.2, 0.25) is 11.8 Å². The average Bonchev–Trinajstić information content (AvgIpc) is 3.03. The Morgan fingerprint density at radius 3 is 2.11 bits per heavy atom. The molecule has 0 saturated carbocycles. The number of benzene rings is 4. The summed E-state index contributed by atoms with van der Waals surface area (Å²) < 4.78 is 42.6. The number of para-hydroxylation sites is 1. The first-order valence-corrected chi connectivity index (χ1v) is 16.6. The van der Waals surface area contributed by atoms with Crippen LogP contribution in [0.3, 0.4) is 0 Å². The van der Waals surface area contributed by atoms with Gasteiger partial charge in [-0.1, -0.05) is 84.7 Å². The first kappa shape index (κ1) is 34.0. The zero-order valence-electron chi connectivity index (χ0n) is 24.9. The fraction of sp³-hybridized carbons (Fsp3) is 0.235. The fourth-order valence-corrected chi connectivity index (χ4v) is 6.57. The van der Waals surface area contributed by atoms with Gasteiger partial charge >= 0.3 is 0 Å². The van der Waals surface area contributed by atoms with E-state index in [1.54, 1.807) is 48.5 Å². The molecule has 4 rings (SSSR count). The highest BCUT2D eigenvalue weighted by Crippen LogP contribution is 2.27. The van der Waals surface area contributed by atoms with E-state index in [0.29, 0.717) is 22.0 Å². The number of nitrogens with one attached hydrogen (secondary N) is 1. The van der Waals surface area contributed by atoms with E-state index >= 15 is 0 Å². The lowest BCUT2D eigenvalue weighted by Gasteiger charge is -2.34. The smallest absolute Gasteiger partial charge is 0.264 e. The highest BCUT2D eigenvalue weighted by molar-refractivity contribution is 7.92. The molecule has 0 spiro atoms. The van der Waals surface area contributed by atoms with Crippen molar-refractivity contribution in [3.8, 4) is 0 Å². The van der Waals surface area contributed by atoms with Crippen LogP contribution in [0.2, 0.25) is 10.0 Å². The number of halogens is 3. The summed E-state index contributed by atoms with van der Waals surface area (Å²) in [6.07, 6.45) is 0.828. The van der Waals surface area contributed by atoms with Crippen molar-refractivity contribution in [2.24, 2.45) is 0 Å². The fourth-order valence-electron chi connectivity index (χ4n) is 4.69. The van der Waals surface area contributed by atoms with E-state index in [2.05, 4.69) is 5.32 Å². The molecule has 2 atom stereocenters. The largest absolute Gasteiger partial charge is 0.352 e. The van der Waals surface area contributed by atoms with Crippen LogP contribution in [0.4, 0.5) is 10.1 Å². The van der Waals surface area contributed by atoms with Gasteiger partial charge in [0.15, 0.2) is 0 Å². The molecule has 236 valence electrons. The summed E-state index contributed by atoms with van der Waals surface area (Å²) in [6, 6.07) is 25.4. The predicted octanol–water partition coefficient (Wildman–Crippen LogP) is 6.88. The number of amides is 2. The van der Waals surface area contributed by atoms with Gasteiger partial charge in [0.25, 0.3) is 10.0 Å². The van der Waals surface area contributed by atoms with Gasteiger partial charge in [-0.2, -0.15) is 0 Å². The van der Waals surface area contributed by atoms with E-state index in [1.165, 1.54) is 4.90 Å². The summed E-state index contributed by atoms with van der Waals surface area (Å²) >= 11 is 12.7. The van der Waals surface area contributed by atoms with Gasteiger partial charge in [0.1, 0.15) is 18.4 Å². The second-order valence-corrected chi connectivity index (χ2v) is 13.3. The van der Waals surface area contributed by atoms with Crippen molar-refractivity contribution in [3.05, 3.63) is 130 Å². The van der Waals surface area contributed by atoms with Gasteiger partial charge in [-0.3, -0.25) is 13.9 Å². The number of carbonyl (C=O) groups excluding carboxylic acids is 2. The number of sulfonamides is 1. The molecule has 2 amide bonds. The third kappa shape index (κ3) is 8.84. The van der Waals surface area contributed by atoms with E-state index in [9.17, 15) is 22.4 Å². The maximum absolute atomic E-state index is 14.4. The SMILES string of the molecule is CC[C@@H](C)NC(=O)[C@@H](Cc1ccccc1)N(Cc1ccc(Cl)cc1Cl)C(=O)CN(c1ccccc1)S(=O)(=O)c1ccc(F)cc1. The number of hydrogen-bond acceptors (Lipinski definition) is 4. The van der Waals surface area contributed by atoms with Gasteiger partial charge in [-0.15, -0.1) is 0 Å². The van der Waals surface area contributed by atoms with Crippen molar-refractivity contribution < 1.29 is 22.4 Å². The molecule has 11 heteroatoms. The highest BCUT2D eigenvalue weighted by atomic mass is 35.5. The molecule has 4 aromatic carbocycles. The number of hydrogen-bond donors (Lipinski definition) is 1. The van der Waals surface area contributed by atoms with Gasteiger partial charge < -0.3 is 10.2 Å². The molecule has 0 unspecified atom stereocenters. The van der Waals surface area contributed by atoms with Crippen LogP contribution in [0.5, 0.6) is 0 Å². The molecule has 0 bridgehead atoms. The molecule has 0 radical (unpaired) electrons.